The molecule has 0 saturated carbocycles. The van der Waals surface area contributed by atoms with Gasteiger partial charge in [-0.25, -0.2) is 13.2 Å². The molecule has 0 heterocycles. The summed E-state index contributed by atoms with van der Waals surface area (Å²) in [5.41, 5.74) is 0.357. The van der Waals surface area contributed by atoms with Crippen LogP contribution < -0.4 is 0 Å². The van der Waals surface area contributed by atoms with E-state index in [2.05, 4.69) is 0 Å². The minimum Gasteiger partial charge on any atom is -0.207 e. The Kier molecular flexibility index (Phi) is 3.19. The Labute approximate surface area is 81.8 Å². The molecule has 0 aliphatic heterocycles. The van der Waals surface area contributed by atoms with E-state index in [1.165, 1.54) is 6.92 Å². The van der Waals surface area contributed by atoms with Gasteiger partial charge in [-0.1, -0.05) is 13.8 Å². The van der Waals surface area contributed by atoms with Crippen LogP contribution in [0.1, 0.15) is 25.0 Å². The fourth-order valence-corrected chi connectivity index (χ4v) is 1.39. The normalized spacial score (nSPS) is 11.1. The number of benzene rings is 1. The smallest absolute Gasteiger partial charge is 0.162 e. The Bertz CT molecular complexity index is 317. The van der Waals surface area contributed by atoms with Gasteiger partial charge >= 0.3 is 0 Å². The largest absolute Gasteiger partial charge is 0.207 e. The van der Waals surface area contributed by atoms with Crippen molar-refractivity contribution in [3.63, 3.8) is 0 Å². The molecule has 0 N–H and O–H groups in total. The lowest BCUT2D eigenvalue weighted by Crippen LogP contribution is -2.05. The van der Waals surface area contributed by atoms with Crippen molar-refractivity contribution in [3.05, 3.63) is 34.6 Å². The van der Waals surface area contributed by atoms with Gasteiger partial charge in [-0.05, 0) is 30.4 Å². The maximum atomic E-state index is 13.3. The van der Waals surface area contributed by atoms with Crippen LogP contribution in [0, 0.1) is 30.3 Å². The number of rotatable bonds is 2. The number of hydrogen-bond acceptors (Lipinski definition) is 0. The summed E-state index contributed by atoms with van der Waals surface area (Å²) in [5, 5.41) is 0. The Morgan fingerprint density at radius 2 is 1.71 bits per heavy atom. The third kappa shape index (κ3) is 2.08. The molecular weight excluding hydrogens is 189 g/mol. The molecule has 78 valence electrons. The topological polar surface area (TPSA) is 0 Å². The van der Waals surface area contributed by atoms with Gasteiger partial charge < -0.3 is 0 Å². The van der Waals surface area contributed by atoms with Gasteiger partial charge in [0.15, 0.2) is 11.6 Å². The van der Waals surface area contributed by atoms with Crippen LogP contribution in [0.5, 0.6) is 0 Å². The van der Waals surface area contributed by atoms with E-state index in [1.54, 1.807) is 0 Å². The highest BCUT2D eigenvalue weighted by molar-refractivity contribution is 5.30. The SMILES string of the molecule is Cc1c(F)cc(F)c(F)c1CC(C)C. The second-order valence-corrected chi connectivity index (χ2v) is 3.86. The first-order valence-electron chi connectivity index (χ1n) is 4.56. The first-order chi connectivity index (χ1) is 6.43. The van der Waals surface area contributed by atoms with Crippen molar-refractivity contribution in [1.29, 1.82) is 0 Å². The van der Waals surface area contributed by atoms with E-state index in [1.807, 2.05) is 13.8 Å². The van der Waals surface area contributed by atoms with Gasteiger partial charge in [0.1, 0.15) is 5.82 Å². The van der Waals surface area contributed by atoms with Crippen molar-refractivity contribution >= 4 is 0 Å². The van der Waals surface area contributed by atoms with Crippen LogP contribution in [0.2, 0.25) is 0 Å². The van der Waals surface area contributed by atoms with Crippen molar-refractivity contribution < 1.29 is 13.2 Å². The molecule has 3 heteroatoms. The Morgan fingerprint density at radius 1 is 1.14 bits per heavy atom. The van der Waals surface area contributed by atoms with Gasteiger partial charge in [-0.3, -0.25) is 0 Å². The molecule has 1 aromatic rings. The molecule has 0 fully saturated rings. The van der Waals surface area contributed by atoms with Crippen molar-refractivity contribution in [2.45, 2.75) is 27.2 Å². The Balaban J connectivity index is 3.25. The summed E-state index contributed by atoms with van der Waals surface area (Å²) in [4.78, 5) is 0. The van der Waals surface area contributed by atoms with Crippen LogP contribution in [-0.4, -0.2) is 0 Å². The maximum absolute atomic E-state index is 13.3. The molecule has 0 aliphatic carbocycles. The van der Waals surface area contributed by atoms with E-state index in [4.69, 9.17) is 0 Å². The fourth-order valence-electron chi connectivity index (χ4n) is 1.39. The average Bonchev–Trinajstić information content (AvgIpc) is 2.09. The lowest BCUT2D eigenvalue weighted by atomic mass is 9.97. The molecule has 0 aliphatic rings. The molecule has 0 spiro atoms. The van der Waals surface area contributed by atoms with E-state index in [0.29, 0.717) is 12.5 Å². The quantitative estimate of drug-likeness (QED) is 0.642. The third-order valence-corrected chi connectivity index (χ3v) is 2.15. The number of hydrogen-bond donors (Lipinski definition) is 0. The highest BCUT2D eigenvalue weighted by Gasteiger charge is 2.16. The molecule has 0 amide bonds. The van der Waals surface area contributed by atoms with E-state index in [0.717, 1.165) is 0 Å². The Hall–Kier alpha value is -0.990. The Morgan fingerprint density at radius 3 is 2.21 bits per heavy atom. The van der Waals surface area contributed by atoms with Crippen LogP contribution in [0.3, 0.4) is 0 Å². The summed E-state index contributed by atoms with van der Waals surface area (Å²) in [7, 11) is 0. The summed E-state index contributed by atoms with van der Waals surface area (Å²) < 4.78 is 39.2. The second kappa shape index (κ2) is 4.03. The number of halogens is 3. The summed E-state index contributed by atoms with van der Waals surface area (Å²) in [6, 6.07) is 0.592. The molecule has 0 saturated heterocycles. The van der Waals surface area contributed by atoms with Crippen LogP contribution in [0.25, 0.3) is 0 Å². The fraction of sp³-hybridized carbons (Fsp3) is 0.455. The molecular formula is C11H13F3. The first kappa shape index (κ1) is 11.1. The molecule has 0 bridgehead atoms. The lowest BCUT2D eigenvalue weighted by molar-refractivity contribution is 0.472. The van der Waals surface area contributed by atoms with Gasteiger partial charge in [0.05, 0.1) is 0 Å². The average molecular weight is 202 g/mol. The molecule has 14 heavy (non-hydrogen) atoms. The van der Waals surface area contributed by atoms with E-state index >= 15 is 0 Å². The monoisotopic (exact) mass is 202 g/mol. The highest BCUT2D eigenvalue weighted by Crippen LogP contribution is 2.22. The van der Waals surface area contributed by atoms with Gasteiger partial charge in [0.2, 0.25) is 0 Å². The van der Waals surface area contributed by atoms with E-state index in [9.17, 15) is 13.2 Å². The summed E-state index contributed by atoms with van der Waals surface area (Å²) in [6.45, 7) is 5.22. The van der Waals surface area contributed by atoms with Crippen LogP contribution in [0.4, 0.5) is 13.2 Å². The molecule has 0 unspecified atom stereocenters. The predicted octanol–water partition coefficient (Wildman–Crippen LogP) is 3.61. The summed E-state index contributed by atoms with van der Waals surface area (Å²) in [5.74, 6) is -2.54. The molecule has 1 rings (SSSR count). The minimum absolute atomic E-state index is 0.150. The van der Waals surface area contributed by atoms with Gasteiger partial charge in [-0.2, -0.15) is 0 Å². The van der Waals surface area contributed by atoms with Gasteiger partial charge in [0.25, 0.3) is 0 Å². The van der Waals surface area contributed by atoms with Gasteiger partial charge in [-0.15, -0.1) is 0 Å². The molecule has 1 aromatic carbocycles. The highest BCUT2D eigenvalue weighted by atomic mass is 19.2. The first-order valence-corrected chi connectivity index (χ1v) is 4.56. The second-order valence-electron chi connectivity index (χ2n) is 3.86. The predicted molar refractivity (Wildman–Crippen MR) is 49.6 cm³/mol. The molecule has 0 nitrogen and oxygen atoms in total. The van der Waals surface area contributed by atoms with Crippen LogP contribution >= 0.6 is 0 Å². The van der Waals surface area contributed by atoms with E-state index in [-0.39, 0.29) is 17.0 Å². The standard InChI is InChI=1S/C11H13F3/c1-6(2)4-8-7(3)9(12)5-10(13)11(8)14/h5-6H,4H2,1-3H3. The maximum Gasteiger partial charge on any atom is 0.162 e. The zero-order chi connectivity index (χ0) is 10.9. The van der Waals surface area contributed by atoms with Crippen LogP contribution in [0.15, 0.2) is 6.07 Å². The van der Waals surface area contributed by atoms with Crippen molar-refractivity contribution in [2.24, 2.45) is 5.92 Å². The molecule has 0 aromatic heterocycles. The molecule has 0 radical (unpaired) electrons. The zero-order valence-corrected chi connectivity index (χ0v) is 8.50. The van der Waals surface area contributed by atoms with Crippen molar-refractivity contribution in [2.75, 3.05) is 0 Å². The van der Waals surface area contributed by atoms with Gasteiger partial charge in [0, 0.05) is 6.07 Å². The molecule has 0 atom stereocenters. The summed E-state index contributed by atoms with van der Waals surface area (Å²) in [6.07, 6.45) is 0.354. The summed E-state index contributed by atoms with van der Waals surface area (Å²) >= 11 is 0. The van der Waals surface area contributed by atoms with Crippen molar-refractivity contribution in [3.8, 4) is 0 Å². The zero-order valence-electron chi connectivity index (χ0n) is 8.50. The van der Waals surface area contributed by atoms with Crippen LogP contribution in [-0.2, 0) is 6.42 Å². The van der Waals surface area contributed by atoms with E-state index < -0.39 is 17.5 Å². The minimum atomic E-state index is -1.11. The lowest BCUT2D eigenvalue weighted by Gasteiger charge is -2.11. The third-order valence-electron chi connectivity index (χ3n) is 2.15. The van der Waals surface area contributed by atoms with Crippen molar-refractivity contribution in [1.82, 2.24) is 0 Å².